The van der Waals surface area contributed by atoms with Gasteiger partial charge in [-0.25, -0.2) is 0 Å². The Kier molecular flexibility index (Phi) is 4.76. The SMILES string of the molecule is CCN1CCN(CCC(=O)O[C@H]2C(C)(C)[C@H]3CC[C@]2(C)C3)CC1. The second-order valence-corrected chi connectivity index (χ2v) is 8.81. The highest BCUT2D eigenvalue weighted by Gasteiger charge is 2.61. The van der Waals surface area contributed by atoms with Crippen LogP contribution in [0.2, 0.25) is 0 Å². The lowest BCUT2D eigenvalue weighted by Crippen LogP contribution is -2.47. The van der Waals surface area contributed by atoms with Gasteiger partial charge in [0.1, 0.15) is 6.10 Å². The molecule has 3 aliphatic rings. The highest BCUT2D eigenvalue weighted by atomic mass is 16.5. The van der Waals surface area contributed by atoms with Gasteiger partial charge in [0.15, 0.2) is 0 Å². The molecule has 0 spiro atoms. The number of piperazine rings is 1. The van der Waals surface area contributed by atoms with E-state index in [2.05, 4.69) is 37.5 Å². The Morgan fingerprint density at radius 2 is 1.78 bits per heavy atom. The standard InChI is InChI=1S/C19H34N2O2/c1-5-20-10-12-21(13-11-20)9-7-16(22)23-17-18(2,3)15-6-8-19(17,4)14-15/h15,17H,5-14H2,1-4H3/t15-,17-,19+/m0/s1. The summed E-state index contributed by atoms with van der Waals surface area (Å²) in [7, 11) is 0. The fraction of sp³-hybridized carbons (Fsp3) is 0.947. The maximum Gasteiger partial charge on any atom is 0.307 e. The van der Waals surface area contributed by atoms with Gasteiger partial charge in [0.2, 0.25) is 0 Å². The number of hydrogen-bond donors (Lipinski definition) is 0. The molecule has 2 bridgehead atoms. The van der Waals surface area contributed by atoms with Crippen molar-refractivity contribution in [2.75, 3.05) is 39.3 Å². The molecule has 1 heterocycles. The van der Waals surface area contributed by atoms with Crippen molar-refractivity contribution >= 4 is 5.97 Å². The summed E-state index contributed by atoms with van der Waals surface area (Å²) in [5.41, 5.74) is 0.367. The van der Waals surface area contributed by atoms with Crippen molar-refractivity contribution in [3.8, 4) is 0 Å². The van der Waals surface area contributed by atoms with Gasteiger partial charge in [-0.05, 0) is 31.7 Å². The van der Waals surface area contributed by atoms with Crippen molar-refractivity contribution in [2.24, 2.45) is 16.7 Å². The Hall–Kier alpha value is -0.610. The molecular weight excluding hydrogens is 288 g/mol. The van der Waals surface area contributed by atoms with Crippen molar-refractivity contribution < 1.29 is 9.53 Å². The molecule has 1 aliphatic heterocycles. The number of carbonyl (C=O) groups is 1. The first kappa shape index (κ1) is 17.2. The van der Waals surface area contributed by atoms with Crippen molar-refractivity contribution in [1.82, 2.24) is 9.80 Å². The van der Waals surface area contributed by atoms with Crippen LogP contribution in [0, 0.1) is 16.7 Å². The molecule has 3 atom stereocenters. The summed E-state index contributed by atoms with van der Waals surface area (Å²) in [6.45, 7) is 15.5. The van der Waals surface area contributed by atoms with E-state index >= 15 is 0 Å². The second kappa shape index (κ2) is 6.36. The van der Waals surface area contributed by atoms with Gasteiger partial charge in [-0.3, -0.25) is 4.79 Å². The normalized spacial score (nSPS) is 37.2. The van der Waals surface area contributed by atoms with Crippen LogP contribution >= 0.6 is 0 Å². The maximum absolute atomic E-state index is 12.4. The molecule has 3 fully saturated rings. The largest absolute Gasteiger partial charge is 0.461 e. The number of rotatable bonds is 5. The van der Waals surface area contributed by atoms with E-state index in [-0.39, 0.29) is 22.9 Å². The van der Waals surface area contributed by atoms with E-state index in [1.807, 2.05) is 0 Å². The van der Waals surface area contributed by atoms with Gasteiger partial charge < -0.3 is 14.5 Å². The lowest BCUT2D eigenvalue weighted by Gasteiger charge is -2.41. The van der Waals surface area contributed by atoms with E-state index in [0.29, 0.717) is 6.42 Å². The minimum Gasteiger partial charge on any atom is -0.461 e. The van der Waals surface area contributed by atoms with Crippen molar-refractivity contribution in [3.63, 3.8) is 0 Å². The average Bonchev–Trinajstić information content (AvgIpc) is 3.01. The highest BCUT2D eigenvalue weighted by molar-refractivity contribution is 5.70. The van der Waals surface area contributed by atoms with Crippen molar-refractivity contribution in [2.45, 2.75) is 59.5 Å². The first-order valence-corrected chi connectivity index (χ1v) is 9.49. The van der Waals surface area contributed by atoms with Crippen LogP contribution in [0.15, 0.2) is 0 Å². The lowest BCUT2D eigenvalue weighted by molar-refractivity contribution is -0.165. The van der Waals surface area contributed by atoms with Crippen LogP contribution in [0.3, 0.4) is 0 Å². The topological polar surface area (TPSA) is 32.8 Å². The van der Waals surface area contributed by atoms with Crippen molar-refractivity contribution in [3.05, 3.63) is 0 Å². The van der Waals surface area contributed by atoms with Crippen molar-refractivity contribution in [1.29, 1.82) is 0 Å². The molecule has 23 heavy (non-hydrogen) atoms. The zero-order valence-corrected chi connectivity index (χ0v) is 15.4. The molecule has 0 N–H and O–H groups in total. The van der Waals surface area contributed by atoms with Crippen LogP contribution < -0.4 is 0 Å². The van der Waals surface area contributed by atoms with Crippen LogP contribution in [-0.2, 0) is 9.53 Å². The molecule has 2 aliphatic carbocycles. The monoisotopic (exact) mass is 322 g/mol. The van der Waals surface area contributed by atoms with E-state index < -0.39 is 0 Å². The van der Waals surface area contributed by atoms with Crippen LogP contribution in [0.5, 0.6) is 0 Å². The summed E-state index contributed by atoms with van der Waals surface area (Å²) < 4.78 is 6.02. The number of nitrogens with zero attached hydrogens (tertiary/aromatic N) is 2. The number of likely N-dealkylation sites (N-methyl/N-ethyl adjacent to an activating group) is 1. The molecule has 2 saturated carbocycles. The molecule has 0 radical (unpaired) electrons. The summed E-state index contributed by atoms with van der Waals surface area (Å²) in [6.07, 6.45) is 4.41. The van der Waals surface area contributed by atoms with E-state index in [0.717, 1.165) is 45.2 Å². The first-order chi connectivity index (χ1) is 10.8. The van der Waals surface area contributed by atoms with E-state index in [1.54, 1.807) is 0 Å². The molecule has 132 valence electrons. The molecule has 4 nitrogen and oxygen atoms in total. The summed E-state index contributed by atoms with van der Waals surface area (Å²) in [6, 6.07) is 0. The third kappa shape index (κ3) is 3.30. The van der Waals surface area contributed by atoms with Gasteiger partial charge in [-0.15, -0.1) is 0 Å². The average molecular weight is 322 g/mol. The Morgan fingerprint density at radius 1 is 1.13 bits per heavy atom. The quantitative estimate of drug-likeness (QED) is 0.729. The molecule has 3 rings (SSSR count). The van der Waals surface area contributed by atoms with Gasteiger partial charge in [0.25, 0.3) is 0 Å². The third-order valence-electron chi connectivity index (χ3n) is 6.93. The van der Waals surface area contributed by atoms with Crippen LogP contribution in [-0.4, -0.2) is 61.1 Å². The van der Waals surface area contributed by atoms with Gasteiger partial charge in [0.05, 0.1) is 6.42 Å². The number of ether oxygens (including phenoxy) is 1. The smallest absolute Gasteiger partial charge is 0.307 e. The molecule has 0 aromatic rings. The molecule has 0 aromatic heterocycles. The fourth-order valence-electron chi connectivity index (χ4n) is 5.32. The van der Waals surface area contributed by atoms with Gasteiger partial charge in [-0.1, -0.05) is 27.7 Å². The van der Waals surface area contributed by atoms with E-state index in [1.165, 1.54) is 19.3 Å². The van der Waals surface area contributed by atoms with Gasteiger partial charge in [0, 0.05) is 43.6 Å². The maximum atomic E-state index is 12.4. The predicted molar refractivity (Wildman–Crippen MR) is 92.3 cm³/mol. The minimum atomic E-state index is 0.00905. The number of carbonyl (C=O) groups excluding carboxylic acids is 1. The summed E-state index contributed by atoms with van der Waals surface area (Å²) in [4.78, 5) is 17.3. The predicted octanol–water partition coefficient (Wildman–Crippen LogP) is 2.77. The first-order valence-electron chi connectivity index (χ1n) is 9.49. The van der Waals surface area contributed by atoms with Gasteiger partial charge in [-0.2, -0.15) is 0 Å². The van der Waals surface area contributed by atoms with Crippen LogP contribution in [0.4, 0.5) is 0 Å². The lowest BCUT2D eigenvalue weighted by atomic mass is 9.70. The fourth-order valence-corrected chi connectivity index (χ4v) is 5.32. The van der Waals surface area contributed by atoms with E-state index in [9.17, 15) is 4.79 Å². The molecule has 4 heteroatoms. The van der Waals surface area contributed by atoms with Gasteiger partial charge >= 0.3 is 5.97 Å². The Labute approximate surface area is 141 Å². The van der Waals surface area contributed by atoms with E-state index in [4.69, 9.17) is 4.74 Å². The van der Waals surface area contributed by atoms with Crippen LogP contribution in [0.25, 0.3) is 0 Å². The minimum absolute atomic E-state index is 0.00905. The number of fused-ring (bicyclic) bond motifs is 2. The summed E-state index contributed by atoms with van der Waals surface area (Å²) in [5.74, 6) is 0.738. The number of esters is 1. The zero-order chi connectivity index (χ0) is 16.7. The highest BCUT2D eigenvalue weighted by Crippen LogP contribution is 2.63. The zero-order valence-electron chi connectivity index (χ0n) is 15.4. The Bertz CT molecular complexity index is 438. The molecular formula is C19H34N2O2. The molecule has 0 amide bonds. The Morgan fingerprint density at radius 3 is 2.35 bits per heavy atom. The van der Waals surface area contributed by atoms with Crippen LogP contribution in [0.1, 0.15) is 53.4 Å². The molecule has 1 saturated heterocycles. The molecule has 0 aromatic carbocycles. The number of hydrogen-bond acceptors (Lipinski definition) is 4. The second-order valence-electron chi connectivity index (χ2n) is 8.81. The Balaban J connectivity index is 1.47. The summed E-state index contributed by atoms with van der Waals surface area (Å²) >= 11 is 0. The molecule has 0 unspecified atom stereocenters. The third-order valence-corrected chi connectivity index (χ3v) is 6.93. The summed E-state index contributed by atoms with van der Waals surface area (Å²) in [5, 5.41) is 0.